The number of hydrogen-bond acceptors (Lipinski definition) is 11. The fourth-order valence-electron chi connectivity index (χ4n) is 5.73. The summed E-state index contributed by atoms with van der Waals surface area (Å²) in [6.45, 7) is 7.56. The third-order valence-corrected chi connectivity index (χ3v) is 8.69. The molecule has 2 saturated carbocycles. The number of rotatable bonds is 11. The second kappa shape index (κ2) is 11.6. The normalized spacial score (nSPS) is 27.8. The molecular weight excluding hydrogens is 570 g/mol. The zero-order valence-electron chi connectivity index (χ0n) is 23.9. The summed E-state index contributed by atoms with van der Waals surface area (Å²) >= 11 is 1.54. The van der Waals surface area contributed by atoms with Gasteiger partial charge in [-0.1, -0.05) is 30.0 Å². The molecule has 3 aromatic rings. The van der Waals surface area contributed by atoms with Crippen LogP contribution in [0.2, 0.25) is 0 Å². The number of nitrogens with one attached hydrogen (secondary N) is 1. The molecule has 3 fully saturated rings. The molecule has 6 rings (SSSR count). The number of benzene rings is 1. The quantitative estimate of drug-likeness (QED) is 0.145. The third kappa shape index (κ3) is 5.94. The molecule has 1 aromatic carbocycles. The SMILES string of the molecule is CCCSc1nc(NC2CC2c2ccc(F)c(F)c2)c2nnn(C3CC(OCCOC(C)=O)C4OC(C)(C)OC43)c2n1. The number of esters is 1. The Hall–Kier alpha value is -2.94. The smallest absolute Gasteiger partial charge is 0.302 e. The molecule has 3 heterocycles. The Balaban J connectivity index is 1.27. The Morgan fingerprint density at radius 1 is 1.17 bits per heavy atom. The largest absolute Gasteiger partial charge is 0.463 e. The minimum atomic E-state index is -0.859. The summed E-state index contributed by atoms with van der Waals surface area (Å²) in [7, 11) is 0. The first-order valence-electron chi connectivity index (χ1n) is 14.2. The number of fused-ring (bicyclic) bond motifs is 2. The lowest BCUT2D eigenvalue weighted by Crippen LogP contribution is -2.31. The maximum Gasteiger partial charge on any atom is 0.302 e. The van der Waals surface area contributed by atoms with Crippen molar-refractivity contribution in [1.82, 2.24) is 25.0 Å². The molecule has 1 aliphatic heterocycles. The Morgan fingerprint density at radius 2 is 1.98 bits per heavy atom. The first-order valence-corrected chi connectivity index (χ1v) is 15.2. The van der Waals surface area contributed by atoms with Crippen molar-refractivity contribution in [3.05, 3.63) is 35.4 Å². The van der Waals surface area contributed by atoms with Crippen LogP contribution in [0.25, 0.3) is 11.2 Å². The minimum absolute atomic E-state index is 0.0136. The van der Waals surface area contributed by atoms with E-state index in [1.54, 1.807) is 22.5 Å². The number of carbonyl (C=O) groups is 1. The second-order valence-corrected chi connectivity index (χ2v) is 12.4. The topological polar surface area (TPSA) is 123 Å². The molecule has 2 aromatic heterocycles. The van der Waals surface area contributed by atoms with E-state index in [2.05, 4.69) is 22.6 Å². The molecule has 0 amide bonds. The Kier molecular flexibility index (Phi) is 8.07. The van der Waals surface area contributed by atoms with Crippen molar-refractivity contribution < 1.29 is 32.5 Å². The van der Waals surface area contributed by atoms with Crippen LogP contribution in [0.5, 0.6) is 0 Å². The van der Waals surface area contributed by atoms with Crippen molar-refractivity contribution >= 4 is 34.7 Å². The van der Waals surface area contributed by atoms with Gasteiger partial charge in [0, 0.05) is 31.1 Å². The molecule has 1 N–H and O–H groups in total. The standard InChI is InChI=1S/C28H34F2N6O5S/c1-5-10-42-27-32-25(31-19-12-16(19)15-6-7-17(29)18(30)11-15)22-26(33-27)36(35-34-22)20-13-21(39-9-8-38-14(2)37)24-23(20)40-28(3,4)41-24/h6-7,11,16,19-21,23-24H,5,8-10,12-13H2,1-4H3,(H,31,32,33). The van der Waals surface area contributed by atoms with Gasteiger partial charge in [-0.15, -0.1) is 5.10 Å². The molecule has 6 atom stereocenters. The number of thioether (sulfide) groups is 1. The predicted molar refractivity (Wildman–Crippen MR) is 149 cm³/mol. The fraction of sp³-hybridized carbons (Fsp3) is 0.607. The van der Waals surface area contributed by atoms with E-state index in [0.717, 1.165) is 30.2 Å². The molecule has 3 aliphatic rings. The molecule has 2 aliphatic carbocycles. The molecule has 1 saturated heterocycles. The number of nitrogens with zero attached hydrogens (tertiary/aromatic N) is 5. The van der Waals surface area contributed by atoms with E-state index in [1.165, 1.54) is 13.0 Å². The summed E-state index contributed by atoms with van der Waals surface area (Å²) in [6, 6.07) is 3.74. The van der Waals surface area contributed by atoms with Gasteiger partial charge in [-0.05, 0) is 44.4 Å². The van der Waals surface area contributed by atoms with E-state index in [4.69, 9.17) is 28.9 Å². The van der Waals surface area contributed by atoms with Gasteiger partial charge in [0.05, 0.1) is 18.8 Å². The van der Waals surface area contributed by atoms with Gasteiger partial charge in [0.1, 0.15) is 18.8 Å². The van der Waals surface area contributed by atoms with Crippen molar-refractivity contribution in [2.75, 3.05) is 24.3 Å². The Labute approximate surface area is 246 Å². The number of anilines is 1. The van der Waals surface area contributed by atoms with E-state index in [1.807, 2.05) is 13.8 Å². The van der Waals surface area contributed by atoms with E-state index < -0.39 is 17.4 Å². The average molecular weight is 605 g/mol. The lowest BCUT2D eigenvalue weighted by atomic mass is 10.1. The number of aromatic nitrogens is 5. The molecule has 226 valence electrons. The molecule has 0 radical (unpaired) electrons. The molecule has 11 nitrogen and oxygen atoms in total. The van der Waals surface area contributed by atoms with Crippen LogP contribution in [0.4, 0.5) is 14.6 Å². The molecular formula is C28H34F2N6O5S. The zero-order valence-corrected chi connectivity index (χ0v) is 24.7. The summed E-state index contributed by atoms with van der Waals surface area (Å²) in [5.74, 6) is -1.47. The lowest BCUT2D eigenvalue weighted by molar-refractivity contribution is -0.171. The van der Waals surface area contributed by atoms with Crippen molar-refractivity contribution in [2.45, 2.75) is 94.2 Å². The first kappa shape index (κ1) is 29.1. The summed E-state index contributed by atoms with van der Waals surface area (Å²) < 4.78 is 52.7. The Bertz CT molecular complexity index is 1470. The summed E-state index contributed by atoms with van der Waals surface area (Å²) in [6.07, 6.45) is 1.22. The van der Waals surface area contributed by atoms with Crippen molar-refractivity contribution in [1.29, 1.82) is 0 Å². The second-order valence-electron chi connectivity index (χ2n) is 11.3. The maximum atomic E-state index is 13.9. The number of ether oxygens (including phenoxy) is 4. The van der Waals surface area contributed by atoms with Crippen molar-refractivity contribution in [3.63, 3.8) is 0 Å². The summed E-state index contributed by atoms with van der Waals surface area (Å²) in [5, 5.41) is 13.0. The van der Waals surface area contributed by atoms with Crippen LogP contribution in [0.15, 0.2) is 23.4 Å². The molecule has 6 unspecified atom stereocenters. The van der Waals surface area contributed by atoms with Crippen LogP contribution in [0.3, 0.4) is 0 Å². The van der Waals surface area contributed by atoms with Gasteiger partial charge in [-0.2, -0.15) is 0 Å². The van der Waals surface area contributed by atoms with Gasteiger partial charge < -0.3 is 24.3 Å². The Morgan fingerprint density at radius 3 is 2.74 bits per heavy atom. The van der Waals surface area contributed by atoms with Crippen LogP contribution >= 0.6 is 11.8 Å². The number of carbonyl (C=O) groups excluding carboxylic acids is 1. The summed E-state index contributed by atoms with van der Waals surface area (Å²) in [4.78, 5) is 20.8. The first-order chi connectivity index (χ1) is 20.1. The third-order valence-electron chi connectivity index (χ3n) is 7.64. The molecule has 0 spiro atoms. The average Bonchev–Trinajstić information content (AvgIpc) is 3.28. The fourth-order valence-corrected chi connectivity index (χ4v) is 6.42. The summed E-state index contributed by atoms with van der Waals surface area (Å²) in [5.41, 5.74) is 1.81. The molecule has 14 heteroatoms. The van der Waals surface area contributed by atoms with Crippen molar-refractivity contribution in [3.8, 4) is 0 Å². The maximum absolute atomic E-state index is 13.9. The number of hydrogen-bond donors (Lipinski definition) is 1. The lowest BCUT2D eigenvalue weighted by Gasteiger charge is -2.23. The van der Waals surface area contributed by atoms with E-state index in [-0.39, 0.29) is 55.5 Å². The minimum Gasteiger partial charge on any atom is -0.463 e. The van der Waals surface area contributed by atoms with E-state index >= 15 is 0 Å². The van der Waals surface area contributed by atoms with Crippen LogP contribution in [-0.2, 0) is 23.7 Å². The van der Waals surface area contributed by atoms with Gasteiger partial charge >= 0.3 is 5.97 Å². The van der Waals surface area contributed by atoms with Crippen molar-refractivity contribution in [2.24, 2.45) is 0 Å². The van der Waals surface area contributed by atoms with Gasteiger partial charge in [-0.25, -0.2) is 23.4 Å². The van der Waals surface area contributed by atoms with Gasteiger partial charge in [0.25, 0.3) is 0 Å². The van der Waals surface area contributed by atoms with Crippen LogP contribution < -0.4 is 5.32 Å². The highest BCUT2D eigenvalue weighted by Gasteiger charge is 2.56. The molecule has 42 heavy (non-hydrogen) atoms. The highest BCUT2D eigenvalue weighted by molar-refractivity contribution is 7.99. The zero-order chi connectivity index (χ0) is 29.6. The van der Waals surface area contributed by atoms with Gasteiger partial charge in [0.15, 0.2) is 39.6 Å². The highest BCUT2D eigenvalue weighted by Crippen LogP contribution is 2.47. The number of halogens is 2. The highest BCUT2D eigenvalue weighted by atomic mass is 32.2. The van der Waals surface area contributed by atoms with Gasteiger partial charge in [0.2, 0.25) is 0 Å². The molecule has 0 bridgehead atoms. The van der Waals surface area contributed by atoms with E-state index in [0.29, 0.717) is 28.6 Å². The van der Waals surface area contributed by atoms with Crippen LogP contribution in [-0.4, -0.2) is 80.0 Å². The predicted octanol–water partition coefficient (Wildman–Crippen LogP) is 4.38. The van der Waals surface area contributed by atoms with Crippen LogP contribution in [0, 0.1) is 11.6 Å². The van der Waals surface area contributed by atoms with E-state index in [9.17, 15) is 13.6 Å². The van der Waals surface area contributed by atoms with Crippen LogP contribution in [0.1, 0.15) is 64.5 Å². The monoisotopic (exact) mass is 604 g/mol. The van der Waals surface area contributed by atoms with Gasteiger partial charge in [-0.3, -0.25) is 4.79 Å².